The molecule has 1 aromatic carbocycles. The molecule has 0 spiro atoms. The van der Waals surface area contributed by atoms with Crippen LogP contribution >= 0.6 is 0 Å². The Morgan fingerprint density at radius 2 is 2.10 bits per heavy atom. The number of nitriles is 1. The van der Waals surface area contributed by atoms with E-state index in [1.54, 1.807) is 12.1 Å². The summed E-state index contributed by atoms with van der Waals surface area (Å²) in [6, 6.07) is 7.60. The summed E-state index contributed by atoms with van der Waals surface area (Å²) >= 11 is 0. The molecule has 4 heteroatoms. The fourth-order valence-corrected chi connectivity index (χ4v) is 3.71. The smallest absolute Gasteiger partial charge is 0.335 e. The van der Waals surface area contributed by atoms with Gasteiger partial charge in [-0.05, 0) is 43.4 Å². The van der Waals surface area contributed by atoms with E-state index in [-0.39, 0.29) is 5.56 Å². The fourth-order valence-electron chi connectivity index (χ4n) is 3.71. The SMILES string of the molecule is N#Cc1cc(C(=O)O)ccc1N1CCC2CCCCC21. The minimum Gasteiger partial charge on any atom is -0.478 e. The van der Waals surface area contributed by atoms with Crippen LogP contribution in [0.1, 0.15) is 48.0 Å². The molecule has 0 amide bonds. The molecule has 1 saturated carbocycles. The molecule has 104 valence electrons. The predicted molar refractivity (Wildman–Crippen MR) is 75.8 cm³/mol. The summed E-state index contributed by atoms with van der Waals surface area (Å²) in [5.74, 6) is -0.237. The normalized spacial score (nSPS) is 25.1. The lowest BCUT2D eigenvalue weighted by molar-refractivity contribution is 0.0697. The number of nitrogens with zero attached hydrogens (tertiary/aromatic N) is 2. The van der Waals surface area contributed by atoms with Gasteiger partial charge in [-0.1, -0.05) is 12.8 Å². The van der Waals surface area contributed by atoms with E-state index in [9.17, 15) is 10.1 Å². The van der Waals surface area contributed by atoms with Crippen molar-refractivity contribution in [2.75, 3.05) is 11.4 Å². The van der Waals surface area contributed by atoms with E-state index in [0.29, 0.717) is 11.6 Å². The second-order valence-electron chi connectivity index (χ2n) is 5.74. The Kier molecular flexibility index (Phi) is 3.35. The zero-order valence-electron chi connectivity index (χ0n) is 11.4. The van der Waals surface area contributed by atoms with Crippen molar-refractivity contribution in [3.8, 4) is 6.07 Å². The molecule has 0 radical (unpaired) electrons. The van der Waals surface area contributed by atoms with Gasteiger partial charge in [0.2, 0.25) is 0 Å². The molecule has 1 N–H and O–H groups in total. The molecule has 1 aliphatic heterocycles. The first-order chi connectivity index (χ1) is 9.70. The first kappa shape index (κ1) is 13.0. The van der Waals surface area contributed by atoms with Crippen LogP contribution in [0.5, 0.6) is 0 Å². The minimum atomic E-state index is -0.981. The van der Waals surface area contributed by atoms with E-state index in [0.717, 1.165) is 18.2 Å². The highest BCUT2D eigenvalue weighted by molar-refractivity contribution is 5.89. The van der Waals surface area contributed by atoms with Gasteiger partial charge in [-0.2, -0.15) is 5.26 Å². The highest BCUT2D eigenvalue weighted by atomic mass is 16.4. The summed E-state index contributed by atoms with van der Waals surface area (Å²) in [6.07, 6.45) is 6.24. The number of carboxylic acids is 1. The molecule has 0 aromatic heterocycles. The molecule has 2 aliphatic rings. The average molecular weight is 270 g/mol. The van der Waals surface area contributed by atoms with Gasteiger partial charge in [-0.25, -0.2) is 4.79 Å². The zero-order valence-corrected chi connectivity index (χ0v) is 11.4. The van der Waals surface area contributed by atoms with Gasteiger partial charge in [0.1, 0.15) is 6.07 Å². The molecule has 1 aliphatic carbocycles. The summed E-state index contributed by atoms with van der Waals surface area (Å²) in [5.41, 5.74) is 1.58. The van der Waals surface area contributed by atoms with Gasteiger partial charge in [0.25, 0.3) is 0 Å². The van der Waals surface area contributed by atoms with E-state index < -0.39 is 5.97 Å². The molecule has 2 atom stereocenters. The van der Waals surface area contributed by atoms with Gasteiger partial charge >= 0.3 is 5.97 Å². The number of hydrogen-bond acceptors (Lipinski definition) is 3. The van der Waals surface area contributed by atoms with Gasteiger partial charge in [0.05, 0.1) is 16.8 Å². The lowest BCUT2D eigenvalue weighted by Crippen LogP contribution is -2.35. The van der Waals surface area contributed by atoms with Gasteiger partial charge in [0.15, 0.2) is 0 Å². The zero-order chi connectivity index (χ0) is 14.1. The molecule has 1 saturated heterocycles. The molecule has 3 rings (SSSR count). The molecule has 20 heavy (non-hydrogen) atoms. The highest BCUT2D eigenvalue weighted by Gasteiger charge is 2.36. The molecule has 1 aromatic rings. The number of anilines is 1. The van der Waals surface area contributed by atoms with Gasteiger partial charge in [-0.15, -0.1) is 0 Å². The first-order valence-corrected chi connectivity index (χ1v) is 7.25. The van der Waals surface area contributed by atoms with E-state index in [2.05, 4.69) is 11.0 Å². The van der Waals surface area contributed by atoms with E-state index in [4.69, 9.17) is 5.11 Å². The standard InChI is InChI=1S/C16H18N2O2/c17-10-13-9-12(16(19)20)5-6-15(13)18-8-7-11-3-1-2-4-14(11)18/h5-6,9,11,14H,1-4,7-8H2,(H,19,20). The van der Waals surface area contributed by atoms with Crippen molar-refractivity contribution in [2.45, 2.75) is 38.1 Å². The number of benzene rings is 1. The third kappa shape index (κ3) is 2.14. The van der Waals surface area contributed by atoms with Crippen LogP contribution in [0.15, 0.2) is 18.2 Å². The summed E-state index contributed by atoms with van der Waals surface area (Å²) in [4.78, 5) is 13.3. The third-order valence-electron chi connectivity index (χ3n) is 4.68. The van der Waals surface area contributed by atoms with Gasteiger partial charge < -0.3 is 10.0 Å². The fraction of sp³-hybridized carbons (Fsp3) is 0.500. The maximum absolute atomic E-state index is 11.0. The van der Waals surface area contributed by atoms with Gasteiger partial charge in [-0.3, -0.25) is 0 Å². The van der Waals surface area contributed by atoms with Crippen LogP contribution in [0.3, 0.4) is 0 Å². The first-order valence-electron chi connectivity index (χ1n) is 7.25. The number of aromatic carboxylic acids is 1. The number of hydrogen-bond donors (Lipinski definition) is 1. The number of rotatable bonds is 2. The molecule has 1 heterocycles. The Morgan fingerprint density at radius 3 is 2.85 bits per heavy atom. The van der Waals surface area contributed by atoms with Crippen LogP contribution in [0.4, 0.5) is 5.69 Å². The largest absolute Gasteiger partial charge is 0.478 e. The Morgan fingerprint density at radius 1 is 1.30 bits per heavy atom. The van der Waals surface area contributed by atoms with Crippen molar-refractivity contribution in [3.05, 3.63) is 29.3 Å². The van der Waals surface area contributed by atoms with E-state index >= 15 is 0 Å². The topological polar surface area (TPSA) is 64.3 Å². The monoisotopic (exact) mass is 270 g/mol. The van der Waals surface area contributed by atoms with Crippen LogP contribution in [0.2, 0.25) is 0 Å². The summed E-state index contributed by atoms with van der Waals surface area (Å²) in [5, 5.41) is 18.3. The summed E-state index contributed by atoms with van der Waals surface area (Å²) in [7, 11) is 0. The van der Waals surface area contributed by atoms with Crippen molar-refractivity contribution in [1.82, 2.24) is 0 Å². The van der Waals surface area contributed by atoms with Crippen molar-refractivity contribution >= 4 is 11.7 Å². The Bertz CT molecular complexity index is 576. The number of fused-ring (bicyclic) bond motifs is 1. The average Bonchev–Trinajstić information content (AvgIpc) is 2.90. The Balaban J connectivity index is 1.94. The molecule has 2 unspecified atom stereocenters. The molecule has 0 bridgehead atoms. The summed E-state index contributed by atoms with van der Waals surface area (Å²) < 4.78 is 0. The van der Waals surface area contributed by atoms with Gasteiger partial charge in [0, 0.05) is 12.6 Å². The molecule has 2 fully saturated rings. The molecular weight excluding hydrogens is 252 g/mol. The Hall–Kier alpha value is -2.02. The van der Waals surface area contributed by atoms with E-state index in [1.807, 2.05) is 0 Å². The van der Waals surface area contributed by atoms with E-state index in [1.165, 1.54) is 38.2 Å². The van der Waals surface area contributed by atoms with Crippen molar-refractivity contribution in [1.29, 1.82) is 5.26 Å². The Labute approximate surface area is 118 Å². The van der Waals surface area contributed by atoms with Crippen LogP contribution < -0.4 is 4.90 Å². The quantitative estimate of drug-likeness (QED) is 0.897. The third-order valence-corrected chi connectivity index (χ3v) is 4.68. The maximum Gasteiger partial charge on any atom is 0.335 e. The van der Waals surface area contributed by atoms with Crippen LogP contribution in [-0.2, 0) is 0 Å². The number of carbonyl (C=O) groups is 1. The van der Waals surface area contributed by atoms with Crippen LogP contribution in [-0.4, -0.2) is 23.7 Å². The summed E-state index contributed by atoms with van der Waals surface area (Å²) in [6.45, 7) is 0.983. The second-order valence-corrected chi connectivity index (χ2v) is 5.74. The van der Waals surface area contributed by atoms with Crippen molar-refractivity contribution in [3.63, 3.8) is 0 Å². The van der Waals surface area contributed by atoms with Crippen LogP contribution in [0.25, 0.3) is 0 Å². The minimum absolute atomic E-state index is 0.185. The van der Waals surface area contributed by atoms with Crippen molar-refractivity contribution in [2.24, 2.45) is 5.92 Å². The predicted octanol–water partition coefficient (Wildman–Crippen LogP) is 3.03. The second kappa shape index (κ2) is 5.16. The number of carboxylic acid groups (broad SMARTS) is 1. The van der Waals surface area contributed by atoms with Crippen LogP contribution in [0, 0.1) is 17.2 Å². The molecular formula is C16H18N2O2. The maximum atomic E-state index is 11.0. The van der Waals surface area contributed by atoms with Crippen molar-refractivity contribution < 1.29 is 9.90 Å². The lowest BCUT2D eigenvalue weighted by Gasteiger charge is -2.33. The lowest BCUT2D eigenvalue weighted by atomic mass is 9.85. The molecule has 4 nitrogen and oxygen atoms in total. The highest BCUT2D eigenvalue weighted by Crippen LogP contribution is 2.39.